The summed E-state index contributed by atoms with van der Waals surface area (Å²) in [5.41, 5.74) is 4.45. The Bertz CT molecular complexity index is 1450. The third-order valence-corrected chi connectivity index (χ3v) is 6.03. The second-order valence-electron chi connectivity index (χ2n) is 7.66. The zero-order chi connectivity index (χ0) is 23.8. The first-order chi connectivity index (χ1) is 16.4. The summed E-state index contributed by atoms with van der Waals surface area (Å²) in [6, 6.07) is 20.0. The molecule has 168 valence electrons. The van der Waals surface area contributed by atoms with Gasteiger partial charge in [-0.25, -0.2) is 14.2 Å². The van der Waals surface area contributed by atoms with Crippen LogP contribution in [0.2, 0.25) is 10.0 Å². The maximum atomic E-state index is 14.8. The van der Waals surface area contributed by atoms with Crippen molar-refractivity contribution < 1.29 is 14.3 Å². The summed E-state index contributed by atoms with van der Waals surface area (Å²) < 4.78 is 14.8. The van der Waals surface area contributed by atoms with Crippen molar-refractivity contribution in [2.45, 2.75) is 6.54 Å². The molecule has 5 nitrogen and oxygen atoms in total. The molecule has 2 heterocycles. The first kappa shape index (κ1) is 22.1. The summed E-state index contributed by atoms with van der Waals surface area (Å²) in [6.07, 6.45) is 0. The minimum absolute atomic E-state index is 0.197. The summed E-state index contributed by atoms with van der Waals surface area (Å²) in [6.45, 7) is 0.280. The molecule has 1 aliphatic rings. The van der Waals surface area contributed by atoms with Crippen molar-refractivity contribution >= 4 is 46.4 Å². The Morgan fingerprint density at radius 2 is 1.76 bits per heavy atom. The number of halogens is 3. The lowest BCUT2D eigenvalue weighted by Gasteiger charge is -2.14. The van der Waals surface area contributed by atoms with Crippen molar-refractivity contribution in [3.05, 3.63) is 111 Å². The zero-order valence-electron chi connectivity index (χ0n) is 17.5. The van der Waals surface area contributed by atoms with Crippen LogP contribution >= 0.6 is 23.2 Å². The number of carboxylic acids is 1. The van der Waals surface area contributed by atoms with Crippen LogP contribution in [0.3, 0.4) is 0 Å². The summed E-state index contributed by atoms with van der Waals surface area (Å²) >= 11 is 12.7. The fourth-order valence-electron chi connectivity index (χ4n) is 3.87. The SMILES string of the molecule is O=C(O)c1ccc(Nc2ccc3c(n2)-c2ccc(Cl)cc2C(c2c(F)cccc2Cl)=NC3)cc1. The molecule has 0 amide bonds. The fraction of sp³-hybridized carbons (Fsp3) is 0.0385. The highest BCUT2D eigenvalue weighted by Gasteiger charge is 2.24. The molecule has 34 heavy (non-hydrogen) atoms. The van der Waals surface area contributed by atoms with Gasteiger partial charge in [-0.1, -0.05) is 41.4 Å². The summed E-state index contributed by atoms with van der Waals surface area (Å²) in [5, 5.41) is 13.0. The average molecular weight is 492 g/mol. The van der Waals surface area contributed by atoms with Gasteiger partial charge >= 0.3 is 5.97 Å². The maximum absolute atomic E-state index is 14.8. The topological polar surface area (TPSA) is 74.6 Å². The van der Waals surface area contributed by atoms with Crippen molar-refractivity contribution in [2.75, 3.05) is 5.32 Å². The van der Waals surface area contributed by atoms with Crippen LogP contribution in [0.5, 0.6) is 0 Å². The molecule has 2 N–H and O–H groups in total. The molecule has 0 saturated heterocycles. The average Bonchev–Trinajstić information content (AvgIpc) is 2.96. The first-order valence-corrected chi connectivity index (χ1v) is 11.1. The van der Waals surface area contributed by atoms with Crippen molar-refractivity contribution in [2.24, 2.45) is 4.99 Å². The number of hydrogen-bond acceptors (Lipinski definition) is 4. The van der Waals surface area contributed by atoms with Crippen LogP contribution < -0.4 is 5.32 Å². The van der Waals surface area contributed by atoms with E-state index in [2.05, 4.69) is 5.32 Å². The van der Waals surface area contributed by atoms with E-state index in [1.165, 1.54) is 18.2 Å². The second kappa shape index (κ2) is 8.89. The van der Waals surface area contributed by atoms with E-state index < -0.39 is 11.8 Å². The van der Waals surface area contributed by atoms with Crippen LogP contribution in [0.15, 0.2) is 77.8 Å². The van der Waals surface area contributed by atoms with Crippen LogP contribution in [-0.2, 0) is 6.54 Å². The Labute approximate surface area is 204 Å². The fourth-order valence-corrected chi connectivity index (χ4v) is 4.29. The number of fused-ring (bicyclic) bond motifs is 3. The Balaban J connectivity index is 1.59. The molecule has 0 atom stereocenters. The van der Waals surface area contributed by atoms with Gasteiger partial charge in [-0.2, -0.15) is 0 Å². The highest BCUT2D eigenvalue weighted by Crippen LogP contribution is 2.36. The molecule has 0 aliphatic carbocycles. The van der Waals surface area contributed by atoms with Crippen LogP contribution in [0.25, 0.3) is 11.3 Å². The van der Waals surface area contributed by atoms with E-state index in [1.807, 2.05) is 18.2 Å². The molecule has 1 aliphatic heterocycles. The number of aliphatic imine (C=N–C) groups is 1. The smallest absolute Gasteiger partial charge is 0.335 e. The number of hydrogen-bond donors (Lipinski definition) is 2. The Hall–Kier alpha value is -3.74. The third-order valence-electron chi connectivity index (χ3n) is 5.48. The number of nitrogens with one attached hydrogen (secondary N) is 1. The van der Waals surface area contributed by atoms with Crippen LogP contribution in [0.1, 0.15) is 27.0 Å². The minimum Gasteiger partial charge on any atom is -0.478 e. The lowest BCUT2D eigenvalue weighted by Crippen LogP contribution is -2.08. The van der Waals surface area contributed by atoms with Gasteiger partial charge in [0.25, 0.3) is 0 Å². The van der Waals surface area contributed by atoms with Crippen LogP contribution in [0.4, 0.5) is 15.9 Å². The normalized spacial score (nSPS) is 12.3. The number of aromatic nitrogens is 1. The summed E-state index contributed by atoms with van der Waals surface area (Å²) in [7, 11) is 0. The predicted molar refractivity (Wildman–Crippen MR) is 132 cm³/mol. The van der Waals surface area contributed by atoms with Gasteiger partial charge in [-0.15, -0.1) is 0 Å². The summed E-state index contributed by atoms with van der Waals surface area (Å²) in [4.78, 5) is 20.6. The van der Waals surface area contributed by atoms with Crippen molar-refractivity contribution in [1.29, 1.82) is 0 Å². The number of rotatable bonds is 4. The molecule has 0 saturated carbocycles. The highest BCUT2D eigenvalue weighted by molar-refractivity contribution is 6.36. The van der Waals surface area contributed by atoms with E-state index in [9.17, 15) is 9.18 Å². The molecule has 0 spiro atoms. The Morgan fingerprint density at radius 3 is 2.50 bits per heavy atom. The van der Waals surface area contributed by atoms with E-state index in [0.717, 1.165) is 11.1 Å². The van der Waals surface area contributed by atoms with Gasteiger partial charge in [-0.05, 0) is 54.6 Å². The molecule has 1 aromatic heterocycles. The van der Waals surface area contributed by atoms with Gasteiger partial charge in [0, 0.05) is 27.4 Å². The summed E-state index contributed by atoms with van der Waals surface area (Å²) in [5.74, 6) is -0.894. The molecular weight excluding hydrogens is 476 g/mol. The van der Waals surface area contributed by atoms with E-state index in [-0.39, 0.29) is 22.7 Å². The van der Waals surface area contributed by atoms with Gasteiger partial charge < -0.3 is 10.4 Å². The number of anilines is 2. The number of benzene rings is 3. The number of pyridine rings is 1. The number of carboxylic acid groups (broad SMARTS) is 1. The molecule has 0 bridgehead atoms. The van der Waals surface area contributed by atoms with E-state index in [0.29, 0.717) is 33.5 Å². The largest absolute Gasteiger partial charge is 0.478 e. The van der Waals surface area contributed by atoms with E-state index in [4.69, 9.17) is 38.3 Å². The van der Waals surface area contributed by atoms with Crippen LogP contribution in [0, 0.1) is 5.82 Å². The zero-order valence-corrected chi connectivity index (χ0v) is 19.0. The molecule has 5 rings (SSSR count). The van der Waals surface area contributed by atoms with Gasteiger partial charge in [0.1, 0.15) is 11.6 Å². The Morgan fingerprint density at radius 1 is 0.971 bits per heavy atom. The first-order valence-electron chi connectivity index (χ1n) is 10.3. The molecule has 0 radical (unpaired) electrons. The standard InChI is InChI=1S/C26H16Cl2FN3O2/c27-16-7-10-18-19(12-16)25(23-20(28)2-1-3-21(23)29)30-13-15-6-11-22(32-24(15)18)31-17-8-4-14(5-9-17)26(33)34/h1-12H,13H2,(H,31,32)(H,33,34). The van der Waals surface area contributed by atoms with Crippen molar-refractivity contribution in [3.63, 3.8) is 0 Å². The van der Waals surface area contributed by atoms with Gasteiger partial charge in [0.15, 0.2) is 0 Å². The number of nitrogens with zero attached hydrogens (tertiary/aromatic N) is 2. The van der Waals surface area contributed by atoms with E-state index >= 15 is 0 Å². The van der Waals surface area contributed by atoms with Crippen LogP contribution in [-0.4, -0.2) is 21.8 Å². The molecule has 0 unspecified atom stereocenters. The molecule has 0 fully saturated rings. The number of carbonyl (C=O) groups is 1. The Kier molecular flexibility index (Phi) is 5.77. The van der Waals surface area contributed by atoms with Gasteiger partial charge in [0.2, 0.25) is 0 Å². The lowest BCUT2D eigenvalue weighted by molar-refractivity contribution is 0.0697. The number of aromatic carboxylic acids is 1. The highest BCUT2D eigenvalue weighted by atomic mass is 35.5. The van der Waals surface area contributed by atoms with Crippen molar-refractivity contribution in [3.8, 4) is 11.3 Å². The van der Waals surface area contributed by atoms with Gasteiger partial charge in [-0.3, -0.25) is 4.99 Å². The second-order valence-corrected chi connectivity index (χ2v) is 8.51. The minimum atomic E-state index is -0.990. The third kappa shape index (κ3) is 4.14. The van der Waals surface area contributed by atoms with E-state index in [1.54, 1.807) is 36.4 Å². The quantitative estimate of drug-likeness (QED) is 0.322. The monoisotopic (exact) mass is 491 g/mol. The van der Waals surface area contributed by atoms with Gasteiger partial charge in [0.05, 0.1) is 34.1 Å². The van der Waals surface area contributed by atoms with Crippen molar-refractivity contribution in [1.82, 2.24) is 4.98 Å². The lowest BCUT2D eigenvalue weighted by atomic mass is 9.94. The molecule has 8 heteroatoms. The molecular formula is C26H16Cl2FN3O2. The molecule has 3 aromatic carbocycles. The maximum Gasteiger partial charge on any atom is 0.335 e. The predicted octanol–water partition coefficient (Wildman–Crippen LogP) is 6.99. The molecule has 4 aromatic rings.